The fourth-order valence-electron chi connectivity index (χ4n) is 1.49. The second-order valence-electron chi connectivity index (χ2n) is 3.78. The molecule has 1 unspecified atom stereocenters. The zero-order valence-corrected chi connectivity index (χ0v) is 9.26. The summed E-state index contributed by atoms with van der Waals surface area (Å²) in [6.07, 6.45) is 0. The third-order valence-corrected chi connectivity index (χ3v) is 2.36. The maximum atomic E-state index is 5.82. The van der Waals surface area contributed by atoms with Crippen LogP contribution in [-0.4, -0.2) is 0 Å². The molecule has 2 rings (SSSR count). The van der Waals surface area contributed by atoms with Crippen molar-refractivity contribution in [2.24, 2.45) is 5.73 Å². The van der Waals surface area contributed by atoms with Gasteiger partial charge < -0.3 is 10.5 Å². The first kappa shape index (κ1) is 10.7. The zero-order chi connectivity index (χ0) is 11.4. The van der Waals surface area contributed by atoms with Crippen molar-refractivity contribution >= 4 is 0 Å². The van der Waals surface area contributed by atoms with Crippen LogP contribution in [0.1, 0.15) is 18.5 Å². The van der Waals surface area contributed by atoms with Crippen LogP contribution in [0.5, 0.6) is 11.5 Å². The largest absolute Gasteiger partial charge is 0.457 e. The van der Waals surface area contributed by atoms with Crippen LogP contribution in [0.15, 0.2) is 54.6 Å². The monoisotopic (exact) mass is 213 g/mol. The summed E-state index contributed by atoms with van der Waals surface area (Å²) in [4.78, 5) is 0. The molecule has 0 aliphatic rings. The predicted molar refractivity (Wildman–Crippen MR) is 65.6 cm³/mol. The first-order valence-corrected chi connectivity index (χ1v) is 5.34. The highest BCUT2D eigenvalue weighted by molar-refractivity contribution is 5.34. The Labute approximate surface area is 95.7 Å². The van der Waals surface area contributed by atoms with E-state index >= 15 is 0 Å². The van der Waals surface area contributed by atoms with Gasteiger partial charge in [-0.2, -0.15) is 0 Å². The number of hydrogen-bond acceptors (Lipinski definition) is 2. The van der Waals surface area contributed by atoms with Crippen molar-refractivity contribution in [3.63, 3.8) is 0 Å². The van der Waals surface area contributed by atoms with Crippen molar-refractivity contribution in [3.8, 4) is 11.5 Å². The summed E-state index contributed by atoms with van der Waals surface area (Å²) in [5.41, 5.74) is 6.90. The Morgan fingerprint density at radius 2 is 1.62 bits per heavy atom. The molecule has 82 valence electrons. The lowest BCUT2D eigenvalue weighted by molar-refractivity contribution is 0.481. The fourth-order valence-corrected chi connectivity index (χ4v) is 1.49. The van der Waals surface area contributed by atoms with Gasteiger partial charge in [-0.25, -0.2) is 0 Å². The van der Waals surface area contributed by atoms with Gasteiger partial charge in [-0.1, -0.05) is 30.3 Å². The first-order valence-electron chi connectivity index (χ1n) is 5.34. The molecule has 2 nitrogen and oxygen atoms in total. The average molecular weight is 213 g/mol. The average Bonchev–Trinajstić information content (AvgIpc) is 2.30. The molecule has 0 bridgehead atoms. The Hall–Kier alpha value is -1.80. The normalized spacial score (nSPS) is 12.1. The Balaban J connectivity index is 2.19. The van der Waals surface area contributed by atoms with Crippen molar-refractivity contribution in [3.05, 3.63) is 60.2 Å². The predicted octanol–water partition coefficient (Wildman–Crippen LogP) is 3.50. The van der Waals surface area contributed by atoms with E-state index in [1.165, 1.54) is 0 Å². The molecule has 0 aliphatic heterocycles. The number of hydrogen-bond donors (Lipinski definition) is 1. The smallest absolute Gasteiger partial charge is 0.127 e. The van der Waals surface area contributed by atoms with E-state index in [1.54, 1.807) is 0 Å². The first-order chi connectivity index (χ1) is 7.75. The zero-order valence-electron chi connectivity index (χ0n) is 9.26. The van der Waals surface area contributed by atoms with E-state index in [0.717, 1.165) is 17.1 Å². The summed E-state index contributed by atoms with van der Waals surface area (Å²) in [5, 5.41) is 0. The molecule has 0 heterocycles. The SMILES string of the molecule is CC(N)c1cccc(Oc2ccccc2)c1. The standard InChI is InChI=1S/C14H15NO/c1-11(15)12-6-5-9-14(10-12)16-13-7-3-2-4-8-13/h2-11H,15H2,1H3. The molecule has 0 saturated heterocycles. The highest BCUT2D eigenvalue weighted by Gasteiger charge is 2.01. The lowest BCUT2D eigenvalue weighted by Crippen LogP contribution is -2.04. The van der Waals surface area contributed by atoms with E-state index in [-0.39, 0.29) is 6.04 Å². The number of benzene rings is 2. The maximum absolute atomic E-state index is 5.82. The second kappa shape index (κ2) is 4.81. The Kier molecular flexibility index (Phi) is 3.22. The summed E-state index contributed by atoms with van der Waals surface area (Å²) < 4.78 is 5.71. The van der Waals surface area contributed by atoms with Crippen LogP contribution in [0, 0.1) is 0 Å². The van der Waals surface area contributed by atoms with Gasteiger partial charge in [0.05, 0.1) is 0 Å². The molecule has 0 radical (unpaired) electrons. The molecular weight excluding hydrogens is 198 g/mol. The molecule has 0 aromatic heterocycles. The summed E-state index contributed by atoms with van der Waals surface area (Å²) in [7, 11) is 0. The summed E-state index contributed by atoms with van der Waals surface area (Å²) in [5.74, 6) is 1.66. The van der Waals surface area contributed by atoms with E-state index in [4.69, 9.17) is 10.5 Å². The fraction of sp³-hybridized carbons (Fsp3) is 0.143. The molecule has 2 N–H and O–H groups in total. The lowest BCUT2D eigenvalue weighted by Gasteiger charge is -2.09. The molecule has 0 aliphatic carbocycles. The van der Waals surface area contributed by atoms with Crippen molar-refractivity contribution in [2.75, 3.05) is 0 Å². The van der Waals surface area contributed by atoms with Gasteiger partial charge in [-0.05, 0) is 36.8 Å². The molecule has 16 heavy (non-hydrogen) atoms. The molecule has 2 aromatic rings. The van der Waals surface area contributed by atoms with Crippen LogP contribution in [0.4, 0.5) is 0 Å². The quantitative estimate of drug-likeness (QED) is 0.846. The van der Waals surface area contributed by atoms with Crippen LogP contribution in [-0.2, 0) is 0 Å². The van der Waals surface area contributed by atoms with Gasteiger partial charge in [0, 0.05) is 6.04 Å². The highest BCUT2D eigenvalue weighted by Crippen LogP contribution is 2.23. The van der Waals surface area contributed by atoms with Crippen molar-refractivity contribution in [1.82, 2.24) is 0 Å². The van der Waals surface area contributed by atoms with E-state index < -0.39 is 0 Å². The molecule has 0 saturated carbocycles. The van der Waals surface area contributed by atoms with Crippen LogP contribution in [0.25, 0.3) is 0 Å². The number of ether oxygens (including phenoxy) is 1. The van der Waals surface area contributed by atoms with Crippen LogP contribution < -0.4 is 10.5 Å². The van der Waals surface area contributed by atoms with Crippen LogP contribution in [0.2, 0.25) is 0 Å². The Bertz CT molecular complexity index is 451. The lowest BCUT2D eigenvalue weighted by atomic mass is 10.1. The van der Waals surface area contributed by atoms with Crippen LogP contribution in [0.3, 0.4) is 0 Å². The Morgan fingerprint density at radius 1 is 0.938 bits per heavy atom. The molecule has 0 spiro atoms. The number of rotatable bonds is 3. The van der Waals surface area contributed by atoms with E-state index in [0.29, 0.717) is 0 Å². The van der Waals surface area contributed by atoms with E-state index in [1.807, 2.05) is 61.5 Å². The van der Waals surface area contributed by atoms with Gasteiger partial charge in [0.2, 0.25) is 0 Å². The Morgan fingerprint density at radius 3 is 2.31 bits per heavy atom. The molecule has 2 aromatic carbocycles. The third-order valence-electron chi connectivity index (χ3n) is 2.36. The second-order valence-corrected chi connectivity index (χ2v) is 3.78. The van der Waals surface area contributed by atoms with Crippen molar-refractivity contribution in [1.29, 1.82) is 0 Å². The van der Waals surface area contributed by atoms with Crippen molar-refractivity contribution < 1.29 is 4.74 Å². The van der Waals surface area contributed by atoms with Gasteiger partial charge in [-0.15, -0.1) is 0 Å². The van der Waals surface area contributed by atoms with E-state index in [2.05, 4.69) is 0 Å². The summed E-state index contributed by atoms with van der Waals surface area (Å²) in [6.45, 7) is 1.96. The molecule has 2 heteroatoms. The summed E-state index contributed by atoms with van der Waals surface area (Å²) in [6, 6.07) is 17.6. The van der Waals surface area contributed by atoms with Crippen LogP contribution >= 0.6 is 0 Å². The number of para-hydroxylation sites is 1. The molecule has 1 atom stereocenters. The highest BCUT2D eigenvalue weighted by atomic mass is 16.5. The number of nitrogens with two attached hydrogens (primary N) is 1. The van der Waals surface area contributed by atoms with Gasteiger partial charge >= 0.3 is 0 Å². The topological polar surface area (TPSA) is 35.2 Å². The molecule has 0 fully saturated rings. The minimum Gasteiger partial charge on any atom is -0.457 e. The van der Waals surface area contributed by atoms with Crippen molar-refractivity contribution in [2.45, 2.75) is 13.0 Å². The van der Waals surface area contributed by atoms with Gasteiger partial charge in [0.15, 0.2) is 0 Å². The van der Waals surface area contributed by atoms with E-state index in [9.17, 15) is 0 Å². The van der Waals surface area contributed by atoms with Gasteiger partial charge in [0.25, 0.3) is 0 Å². The maximum Gasteiger partial charge on any atom is 0.127 e. The summed E-state index contributed by atoms with van der Waals surface area (Å²) >= 11 is 0. The minimum atomic E-state index is 0.0272. The molecule has 0 amide bonds. The van der Waals surface area contributed by atoms with Gasteiger partial charge in [-0.3, -0.25) is 0 Å². The van der Waals surface area contributed by atoms with Gasteiger partial charge in [0.1, 0.15) is 11.5 Å². The molecular formula is C14H15NO. The third kappa shape index (κ3) is 2.61. The minimum absolute atomic E-state index is 0.0272.